The number of methoxy groups -OCH3 is 1. The number of nitro groups is 1. The summed E-state index contributed by atoms with van der Waals surface area (Å²) < 4.78 is 4.65. The van der Waals surface area contributed by atoms with Gasteiger partial charge in [-0.2, -0.15) is 0 Å². The number of rotatable bonds is 6. The van der Waals surface area contributed by atoms with Gasteiger partial charge in [0.05, 0.1) is 35.1 Å². The fourth-order valence-corrected chi connectivity index (χ4v) is 3.04. The maximum absolute atomic E-state index is 12.4. The van der Waals surface area contributed by atoms with Crippen LogP contribution < -0.4 is 5.32 Å². The lowest BCUT2D eigenvalue weighted by atomic mass is 10.1. The van der Waals surface area contributed by atoms with Gasteiger partial charge in [-0.1, -0.05) is 17.7 Å². The van der Waals surface area contributed by atoms with Crippen molar-refractivity contribution in [3.05, 3.63) is 61.3 Å². The fraction of sp³-hybridized carbons (Fsp3) is 0.200. The standard InChI is InChI=1S/C15H13ClN2O5S/c1-23-14(19)8-12(13-3-2-6-24-13)17-15(20)10-5-4-9(18(21)22)7-11(10)16/h2-7,12H,8H2,1H3,(H,17,20). The average molecular weight is 369 g/mol. The molecule has 7 nitrogen and oxygen atoms in total. The zero-order valence-corrected chi connectivity index (χ0v) is 14.1. The number of nitro benzene ring substituents is 1. The van der Waals surface area contributed by atoms with Crippen molar-refractivity contribution in [2.75, 3.05) is 7.11 Å². The topological polar surface area (TPSA) is 98.5 Å². The molecule has 0 fully saturated rings. The van der Waals surface area contributed by atoms with Gasteiger partial charge < -0.3 is 10.1 Å². The van der Waals surface area contributed by atoms with E-state index in [1.807, 2.05) is 5.38 Å². The second-order valence-corrected chi connectivity index (χ2v) is 6.13. The van der Waals surface area contributed by atoms with Gasteiger partial charge in [-0.05, 0) is 17.5 Å². The highest BCUT2D eigenvalue weighted by molar-refractivity contribution is 7.10. The van der Waals surface area contributed by atoms with Crippen molar-refractivity contribution in [3.63, 3.8) is 0 Å². The van der Waals surface area contributed by atoms with E-state index in [-0.39, 0.29) is 22.7 Å². The molecule has 2 rings (SSSR count). The third kappa shape index (κ3) is 4.30. The fourth-order valence-electron chi connectivity index (χ4n) is 2.00. The van der Waals surface area contributed by atoms with Gasteiger partial charge in [0.15, 0.2) is 0 Å². The quantitative estimate of drug-likeness (QED) is 0.479. The first kappa shape index (κ1) is 17.9. The molecule has 0 saturated carbocycles. The molecule has 1 heterocycles. The van der Waals surface area contributed by atoms with Crippen LogP contribution in [0.4, 0.5) is 5.69 Å². The van der Waals surface area contributed by atoms with Crippen LogP contribution in [-0.4, -0.2) is 23.9 Å². The summed E-state index contributed by atoms with van der Waals surface area (Å²) in [5.41, 5.74) is -0.116. The maximum Gasteiger partial charge on any atom is 0.307 e. The molecule has 0 aliphatic carbocycles. The minimum Gasteiger partial charge on any atom is -0.469 e. The number of carbonyl (C=O) groups is 2. The third-order valence-corrected chi connectivity index (χ3v) is 4.50. The first-order chi connectivity index (χ1) is 11.4. The largest absolute Gasteiger partial charge is 0.469 e. The van der Waals surface area contributed by atoms with Crippen molar-refractivity contribution in [1.29, 1.82) is 0 Å². The number of carbonyl (C=O) groups excluding carboxylic acids is 2. The van der Waals surface area contributed by atoms with Crippen LogP contribution >= 0.6 is 22.9 Å². The second-order valence-electron chi connectivity index (χ2n) is 4.74. The molecule has 0 saturated heterocycles. The predicted molar refractivity (Wildman–Crippen MR) is 89.3 cm³/mol. The molecule has 0 radical (unpaired) electrons. The maximum atomic E-state index is 12.4. The minimum atomic E-state index is -0.598. The number of amides is 1. The van der Waals surface area contributed by atoms with Gasteiger partial charge >= 0.3 is 5.97 Å². The Kier molecular flexibility index (Phi) is 5.88. The van der Waals surface area contributed by atoms with E-state index >= 15 is 0 Å². The monoisotopic (exact) mass is 368 g/mol. The molecule has 1 amide bonds. The molecular formula is C15H13ClN2O5S. The number of benzene rings is 1. The van der Waals surface area contributed by atoms with Crippen LogP contribution in [0.2, 0.25) is 5.02 Å². The van der Waals surface area contributed by atoms with Gasteiger partial charge in [0.2, 0.25) is 0 Å². The number of thiophene rings is 1. The summed E-state index contributed by atoms with van der Waals surface area (Å²) in [6.45, 7) is 0. The Hall–Kier alpha value is -2.45. The molecular weight excluding hydrogens is 356 g/mol. The van der Waals surface area contributed by atoms with Gasteiger partial charge in [0, 0.05) is 17.0 Å². The van der Waals surface area contributed by atoms with Crippen LogP contribution in [-0.2, 0) is 9.53 Å². The number of ether oxygens (including phenoxy) is 1. The molecule has 126 valence electrons. The summed E-state index contributed by atoms with van der Waals surface area (Å²) in [5, 5.41) is 15.2. The summed E-state index contributed by atoms with van der Waals surface area (Å²) in [7, 11) is 1.27. The Balaban J connectivity index is 2.21. The summed E-state index contributed by atoms with van der Waals surface area (Å²) >= 11 is 7.34. The number of hydrogen-bond acceptors (Lipinski definition) is 6. The number of nitrogens with zero attached hydrogens (tertiary/aromatic N) is 1. The van der Waals surface area contributed by atoms with Crippen molar-refractivity contribution in [3.8, 4) is 0 Å². The van der Waals surface area contributed by atoms with Crippen molar-refractivity contribution in [1.82, 2.24) is 5.32 Å². The van der Waals surface area contributed by atoms with E-state index in [2.05, 4.69) is 10.1 Å². The van der Waals surface area contributed by atoms with Crippen LogP contribution in [0.15, 0.2) is 35.7 Å². The summed E-state index contributed by atoms with van der Waals surface area (Å²) in [4.78, 5) is 34.9. The smallest absolute Gasteiger partial charge is 0.307 e. The van der Waals surface area contributed by atoms with Gasteiger partial charge in [0.1, 0.15) is 0 Å². The molecule has 0 spiro atoms. The molecule has 0 aliphatic rings. The van der Waals surface area contributed by atoms with Crippen LogP contribution in [0.1, 0.15) is 27.7 Å². The first-order valence-electron chi connectivity index (χ1n) is 6.77. The lowest BCUT2D eigenvalue weighted by molar-refractivity contribution is -0.384. The van der Waals surface area contributed by atoms with Gasteiger partial charge in [-0.3, -0.25) is 19.7 Å². The molecule has 1 aromatic heterocycles. The molecule has 2 aromatic rings. The number of nitrogens with one attached hydrogen (secondary N) is 1. The molecule has 1 unspecified atom stereocenters. The third-order valence-electron chi connectivity index (χ3n) is 3.20. The summed E-state index contributed by atoms with van der Waals surface area (Å²) in [6, 6.07) is 6.60. The van der Waals surface area contributed by atoms with Crippen LogP contribution in [0.3, 0.4) is 0 Å². The highest BCUT2D eigenvalue weighted by Gasteiger charge is 2.22. The lowest BCUT2D eigenvalue weighted by Crippen LogP contribution is -2.30. The molecule has 9 heteroatoms. The Labute approximate surface area is 146 Å². The van der Waals surface area contributed by atoms with E-state index in [4.69, 9.17) is 11.6 Å². The van der Waals surface area contributed by atoms with Gasteiger partial charge in [-0.15, -0.1) is 11.3 Å². The predicted octanol–water partition coefficient (Wildman–Crippen LogP) is 3.34. The number of hydrogen-bond donors (Lipinski definition) is 1. The first-order valence-corrected chi connectivity index (χ1v) is 8.03. The molecule has 0 aliphatic heterocycles. The normalized spacial score (nSPS) is 11.6. The number of halogens is 1. The molecule has 1 aromatic carbocycles. The summed E-state index contributed by atoms with van der Waals surface area (Å²) in [6.07, 6.45) is -0.0344. The zero-order valence-electron chi connectivity index (χ0n) is 12.5. The lowest BCUT2D eigenvalue weighted by Gasteiger charge is -2.17. The molecule has 1 N–H and O–H groups in total. The van der Waals surface area contributed by atoms with Gasteiger partial charge in [0.25, 0.3) is 11.6 Å². The Morgan fingerprint density at radius 2 is 2.17 bits per heavy atom. The van der Waals surface area contributed by atoms with Crippen molar-refractivity contribution < 1.29 is 19.2 Å². The highest BCUT2D eigenvalue weighted by atomic mass is 35.5. The average Bonchev–Trinajstić information content (AvgIpc) is 3.08. The van der Waals surface area contributed by atoms with Crippen LogP contribution in [0.25, 0.3) is 0 Å². The van der Waals surface area contributed by atoms with E-state index in [1.54, 1.807) is 12.1 Å². The Morgan fingerprint density at radius 1 is 1.42 bits per heavy atom. The van der Waals surface area contributed by atoms with E-state index in [0.29, 0.717) is 0 Å². The highest BCUT2D eigenvalue weighted by Crippen LogP contribution is 2.26. The second kappa shape index (κ2) is 7.89. The van der Waals surface area contributed by atoms with E-state index in [1.165, 1.54) is 30.6 Å². The van der Waals surface area contributed by atoms with Crippen molar-refractivity contribution in [2.24, 2.45) is 0 Å². The van der Waals surface area contributed by atoms with E-state index in [9.17, 15) is 19.7 Å². The molecule has 1 atom stereocenters. The van der Waals surface area contributed by atoms with Crippen LogP contribution in [0, 0.1) is 10.1 Å². The molecule has 24 heavy (non-hydrogen) atoms. The molecule has 0 bridgehead atoms. The number of esters is 1. The van der Waals surface area contributed by atoms with Crippen molar-refractivity contribution in [2.45, 2.75) is 12.5 Å². The zero-order chi connectivity index (χ0) is 17.7. The summed E-state index contributed by atoms with van der Waals surface area (Å²) in [5.74, 6) is -0.999. The minimum absolute atomic E-state index is 0.0344. The van der Waals surface area contributed by atoms with Crippen molar-refractivity contribution >= 4 is 40.5 Å². The number of non-ortho nitro benzene ring substituents is 1. The SMILES string of the molecule is COC(=O)CC(NC(=O)c1ccc([N+](=O)[O-])cc1Cl)c1cccs1. The van der Waals surface area contributed by atoms with E-state index < -0.39 is 22.8 Å². The Bertz CT molecular complexity index is 763. The van der Waals surface area contributed by atoms with E-state index in [0.717, 1.165) is 10.9 Å². The van der Waals surface area contributed by atoms with Gasteiger partial charge in [-0.25, -0.2) is 0 Å². The Morgan fingerprint density at radius 3 is 2.71 bits per heavy atom. The van der Waals surface area contributed by atoms with Crippen LogP contribution in [0.5, 0.6) is 0 Å².